The van der Waals surface area contributed by atoms with Gasteiger partial charge in [-0.2, -0.15) is 43.2 Å². The second-order valence-corrected chi connectivity index (χ2v) is 13.7. The highest BCUT2D eigenvalue weighted by Crippen LogP contribution is 2.37. The molecule has 0 N–H and O–H groups in total. The summed E-state index contributed by atoms with van der Waals surface area (Å²) in [6.45, 7) is 0. The van der Waals surface area contributed by atoms with Crippen molar-refractivity contribution >= 4 is 31.4 Å². The van der Waals surface area contributed by atoms with Gasteiger partial charge in [-0.1, -0.05) is 66.7 Å². The summed E-state index contributed by atoms with van der Waals surface area (Å²) in [7, 11) is -10.2. The number of hydrogen-bond acceptors (Lipinski definition) is 8. The van der Waals surface area contributed by atoms with Crippen molar-refractivity contribution in [3.05, 3.63) is 157 Å². The lowest BCUT2D eigenvalue weighted by atomic mass is 10.1. The Morgan fingerprint density at radius 2 is 0.769 bits per heavy atom. The third-order valence-corrected chi connectivity index (χ3v) is 9.23. The number of para-hydroxylation sites is 2. The van der Waals surface area contributed by atoms with Crippen LogP contribution >= 0.6 is 0 Å². The predicted octanol–water partition coefficient (Wildman–Crippen LogP) is 9.89. The molecular formula is C36H24F6O8S2. The maximum absolute atomic E-state index is 14.0. The molecule has 0 unspecified atom stereocenters. The molecule has 0 fully saturated rings. The molecule has 0 aromatic heterocycles. The van der Waals surface area contributed by atoms with Crippen molar-refractivity contribution in [2.75, 3.05) is 0 Å². The molecule has 0 bridgehead atoms. The quantitative estimate of drug-likeness (QED) is 0.0703. The maximum atomic E-state index is 14.0. The average molecular weight is 763 g/mol. The van der Waals surface area contributed by atoms with Gasteiger partial charge < -0.3 is 17.8 Å². The summed E-state index contributed by atoms with van der Waals surface area (Å²) in [4.78, 5) is -1.87. The zero-order chi connectivity index (χ0) is 37.6. The first kappa shape index (κ1) is 37.5. The van der Waals surface area contributed by atoms with Crippen molar-refractivity contribution in [1.82, 2.24) is 0 Å². The Morgan fingerprint density at radius 1 is 0.442 bits per heavy atom. The van der Waals surface area contributed by atoms with Gasteiger partial charge in [0.15, 0.2) is 0 Å². The van der Waals surface area contributed by atoms with Crippen LogP contribution in [0.15, 0.2) is 156 Å². The molecular weight excluding hydrogens is 739 g/mol. The lowest BCUT2D eigenvalue weighted by molar-refractivity contribution is -0.0706. The summed E-state index contributed by atoms with van der Waals surface area (Å²) in [5.74, 6) is 1.22. The third-order valence-electron chi connectivity index (χ3n) is 6.87. The lowest BCUT2D eigenvalue weighted by Gasteiger charge is -2.14. The van der Waals surface area contributed by atoms with Gasteiger partial charge in [-0.15, -0.1) is 0 Å². The van der Waals surface area contributed by atoms with Gasteiger partial charge in [0.2, 0.25) is 0 Å². The van der Waals surface area contributed by atoms with E-state index in [0.29, 0.717) is 17.6 Å². The van der Waals surface area contributed by atoms with E-state index in [0.717, 1.165) is 42.5 Å². The van der Waals surface area contributed by atoms with Crippen molar-refractivity contribution in [3.8, 4) is 23.0 Å². The van der Waals surface area contributed by atoms with Crippen molar-refractivity contribution in [2.24, 2.45) is 0 Å². The van der Waals surface area contributed by atoms with Gasteiger partial charge in [0.05, 0.1) is 11.1 Å². The predicted molar refractivity (Wildman–Crippen MR) is 177 cm³/mol. The number of benzene rings is 5. The minimum Gasteiger partial charge on any atom is -0.457 e. The highest BCUT2D eigenvalue weighted by atomic mass is 32.2. The van der Waals surface area contributed by atoms with E-state index in [1.165, 1.54) is 24.3 Å². The van der Waals surface area contributed by atoms with Gasteiger partial charge >= 0.3 is 32.6 Å². The van der Waals surface area contributed by atoms with Crippen LogP contribution in [0.5, 0.6) is 23.0 Å². The van der Waals surface area contributed by atoms with Crippen LogP contribution in [0.3, 0.4) is 0 Å². The number of hydrogen-bond donors (Lipinski definition) is 0. The van der Waals surface area contributed by atoms with Crippen LogP contribution in [0.2, 0.25) is 0 Å². The van der Waals surface area contributed by atoms with Crippen LogP contribution in [-0.4, -0.2) is 29.2 Å². The van der Waals surface area contributed by atoms with Crippen molar-refractivity contribution < 1.29 is 61.0 Å². The molecule has 5 aromatic carbocycles. The molecule has 5 rings (SSSR count). The third kappa shape index (κ3) is 9.73. The fourth-order valence-corrected chi connectivity index (χ4v) is 6.15. The van der Waals surface area contributed by atoms with E-state index in [1.807, 2.05) is 0 Å². The molecule has 5 aromatic rings. The number of halogens is 6. The summed E-state index contributed by atoms with van der Waals surface area (Å²) in [6.07, 6.45) is -10.3. The van der Waals surface area contributed by atoms with Crippen molar-refractivity contribution in [2.45, 2.75) is 22.1 Å². The van der Waals surface area contributed by atoms with E-state index in [2.05, 4.69) is 8.37 Å². The molecule has 0 saturated heterocycles. The van der Waals surface area contributed by atoms with Crippen molar-refractivity contribution in [1.29, 1.82) is 0 Å². The molecule has 0 aliphatic heterocycles. The topological polar surface area (TPSA) is 105 Å². The van der Waals surface area contributed by atoms with Crippen LogP contribution in [0.1, 0.15) is 11.1 Å². The van der Waals surface area contributed by atoms with E-state index >= 15 is 0 Å². The van der Waals surface area contributed by atoms with Crippen LogP contribution in [0.4, 0.5) is 26.3 Å². The maximum Gasteiger partial charge on any atom is 0.419 e. The number of alkyl halides is 6. The molecule has 0 heterocycles. The Kier molecular flexibility index (Phi) is 11.0. The highest BCUT2D eigenvalue weighted by Gasteiger charge is 2.37. The standard InChI is InChI=1S/C36H24F6O8S2/c37-35(38,39)33(25-14-18-29(19-15-25)49-27-8-3-1-4-9-27)23-47-51(43,44)31-12-7-13-32(22-31)52(45,46)48-24-34(36(40,41)42)26-16-20-30(21-17-26)50-28-10-5-2-6-11-28/h1-24H. The fourth-order valence-electron chi connectivity index (χ4n) is 4.37. The lowest BCUT2D eigenvalue weighted by Crippen LogP contribution is -2.13. The molecule has 16 heteroatoms. The van der Waals surface area contributed by atoms with E-state index in [-0.39, 0.29) is 24.0 Å². The van der Waals surface area contributed by atoms with Gasteiger partial charge in [0.1, 0.15) is 45.3 Å². The first-order chi connectivity index (χ1) is 24.5. The summed E-state index contributed by atoms with van der Waals surface area (Å²) in [5.41, 5.74) is -3.98. The summed E-state index contributed by atoms with van der Waals surface area (Å²) >= 11 is 0. The molecule has 8 nitrogen and oxygen atoms in total. The largest absolute Gasteiger partial charge is 0.457 e. The Balaban J connectivity index is 1.34. The zero-order valence-corrected chi connectivity index (χ0v) is 27.8. The Labute approximate surface area is 294 Å². The molecule has 270 valence electrons. The molecule has 0 atom stereocenters. The van der Waals surface area contributed by atoms with Gasteiger partial charge in [0, 0.05) is 0 Å². The first-order valence-corrected chi connectivity index (χ1v) is 17.5. The van der Waals surface area contributed by atoms with E-state index < -0.39 is 64.7 Å². The highest BCUT2D eigenvalue weighted by molar-refractivity contribution is 7.87. The SMILES string of the molecule is O=S(=O)(OC=C(c1ccc(Oc2ccccc2)cc1)C(F)(F)F)c1cccc(S(=O)(=O)OC=C(c2ccc(Oc3ccccc3)cc2)C(F)(F)F)c1. The fraction of sp³-hybridized carbons (Fsp3) is 0.0556. The van der Waals surface area contributed by atoms with E-state index in [9.17, 15) is 43.2 Å². The van der Waals surface area contributed by atoms with Crippen LogP contribution < -0.4 is 9.47 Å². The summed E-state index contributed by atoms with van der Waals surface area (Å²) in [5, 5.41) is 0. The van der Waals surface area contributed by atoms with Crippen LogP contribution in [0, 0.1) is 0 Å². The van der Waals surface area contributed by atoms with Gasteiger partial charge in [-0.05, 0) is 77.9 Å². The minimum absolute atomic E-state index is 0.0609. The number of ether oxygens (including phenoxy) is 2. The molecule has 52 heavy (non-hydrogen) atoms. The van der Waals surface area contributed by atoms with Gasteiger partial charge in [-0.3, -0.25) is 0 Å². The van der Waals surface area contributed by atoms with E-state index in [4.69, 9.17) is 9.47 Å². The minimum atomic E-state index is -5.11. The van der Waals surface area contributed by atoms with Gasteiger partial charge in [0.25, 0.3) is 0 Å². The first-order valence-electron chi connectivity index (χ1n) is 14.7. The number of rotatable bonds is 12. The second-order valence-electron chi connectivity index (χ2n) is 10.5. The molecule has 0 amide bonds. The Bertz CT molecular complexity index is 2110. The zero-order valence-electron chi connectivity index (χ0n) is 26.2. The normalized spacial score (nSPS) is 13.0. The van der Waals surface area contributed by atoms with Crippen LogP contribution in [0.25, 0.3) is 11.1 Å². The van der Waals surface area contributed by atoms with E-state index in [1.54, 1.807) is 60.7 Å². The molecule has 0 radical (unpaired) electrons. The molecule has 0 aliphatic carbocycles. The molecule has 0 aliphatic rings. The average Bonchev–Trinajstić information content (AvgIpc) is 3.09. The van der Waals surface area contributed by atoms with Gasteiger partial charge in [-0.25, -0.2) is 0 Å². The van der Waals surface area contributed by atoms with Crippen LogP contribution in [-0.2, 0) is 28.6 Å². The Hall–Kier alpha value is -5.74. The summed E-state index contributed by atoms with van der Waals surface area (Å²) < 4.78 is 156. The second kappa shape index (κ2) is 15.2. The smallest absolute Gasteiger partial charge is 0.419 e. The van der Waals surface area contributed by atoms with Crippen molar-refractivity contribution in [3.63, 3.8) is 0 Å². The monoisotopic (exact) mass is 762 g/mol. The number of allylic oxidation sites excluding steroid dienone is 2. The summed E-state index contributed by atoms with van der Waals surface area (Å²) in [6, 6.07) is 28.7. The molecule has 0 saturated carbocycles. The Morgan fingerprint density at radius 3 is 1.10 bits per heavy atom. The molecule has 0 spiro atoms.